The van der Waals surface area contributed by atoms with Crippen LogP contribution in [0.3, 0.4) is 0 Å². The maximum absolute atomic E-state index is 14.1. The van der Waals surface area contributed by atoms with Gasteiger partial charge in [0, 0.05) is 118 Å². The number of hydrogen-bond acceptors (Lipinski definition) is 15. The molecule has 10 aromatic rings. The molecule has 1 aliphatic rings. The van der Waals surface area contributed by atoms with E-state index in [1.165, 1.54) is 36.6 Å². The molecule has 38 heteroatoms. The number of hydrogen-bond donors (Lipinski definition) is 3. The molecule has 2 atom stereocenters. The minimum absolute atomic E-state index is 0. The van der Waals surface area contributed by atoms with E-state index in [1.54, 1.807) is 29.4 Å². The molecule has 7 heterocycles. The number of aliphatic hydroxyl groups excluding tert-OH is 3. The molecule has 3 N–H and O–H groups in total. The van der Waals surface area contributed by atoms with Crippen molar-refractivity contribution in [3.63, 3.8) is 0 Å². The van der Waals surface area contributed by atoms with Gasteiger partial charge in [-0.1, -0.05) is 108 Å². The van der Waals surface area contributed by atoms with Gasteiger partial charge in [0.25, 0.3) is 0 Å². The number of aliphatic imine (C=N–C) groups is 1. The number of ether oxygens (including phenoxy) is 2. The number of fused-ring (bicyclic) bond motifs is 4. The van der Waals surface area contributed by atoms with Crippen LogP contribution < -0.4 is 0 Å². The fourth-order valence-electron chi connectivity index (χ4n) is 9.95. The zero-order chi connectivity index (χ0) is 75.7. The Balaban J connectivity index is -0.000000641. The molecule has 17 nitrogen and oxygen atoms in total. The third-order valence-corrected chi connectivity index (χ3v) is 18.0. The number of furan rings is 4. The molecular weight excluding hydrogens is 1600 g/mol. The van der Waals surface area contributed by atoms with Gasteiger partial charge < -0.3 is 51.6 Å². The predicted molar refractivity (Wildman–Crippen MR) is 392 cm³/mol. The molecule has 4 aromatic carbocycles. The van der Waals surface area contributed by atoms with Gasteiger partial charge >= 0.3 is 47.2 Å². The molecule has 621 valence electrons. The average Bonchev–Trinajstić information content (AvgIpc) is 1.66. The molecule has 110 heavy (non-hydrogen) atoms. The first-order chi connectivity index (χ1) is 47.7. The molecule has 0 aliphatic carbocycles. The van der Waals surface area contributed by atoms with Crippen LogP contribution in [0.1, 0.15) is 120 Å². The van der Waals surface area contributed by atoms with Crippen LogP contribution in [0.25, 0.3) is 43.9 Å². The molecule has 0 radical (unpaired) electrons. The summed E-state index contributed by atoms with van der Waals surface area (Å²) in [6.45, 7) is 15.5. The number of nitrogens with zero attached hydrogens (tertiary/aromatic N) is 5. The first-order valence-electron chi connectivity index (χ1n) is 30.3. The van der Waals surface area contributed by atoms with Gasteiger partial charge in [0.1, 0.15) is 31.5 Å². The summed E-state index contributed by atoms with van der Waals surface area (Å²) in [4.78, 5) is 22.7. The molecule has 11 rings (SSSR count). The van der Waals surface area contributed by atoms with Crippen LogP contribution in [0.2, 0.25) is 51.4 Å². The van der Waals surface area contributed by atoms with Crippen LogP contribution in [0, 0.1) is 23.3 Å². The summed E-state index contributed by atoms with van der Waals surface area (Å²) < 4.78 is 256. The van der Waals surface area contributed by atoms with Gasteiger partial charge in [0.15, 0.2) is 51.9 Å². The van der Waals surface area contributed by atoms with Crippen LogP contribution >= 0.6 is 12.4 Å². The Hall–Kier alpha value is -8.01. The number of allylic oxidation sites excluding steroid dienone is 1. The second kappa shape index (κ2) is 46.1. The molecule has 0 saturated heterocycles. The summed E-state index contributed by atoms with van der Waals surface area (Å²) >= 11 is -1.44. The molecule has 0 saturated carbocycles. The molecule has 2 unspecified atom stereocenters. The number of carbonyl (C=O) groups is 1. The number of halogens is 18. The van der Waals surface area contributed by atoms with Crippen molar-refractivity contribution in [3.8, 4) is 0 Å². The van der Waals surface area contributed by atoms with Crippen LogP contribution in [0.4, 0.5) is 75.0 Å². The first kappa shape index (κ1) is 106. The third-order valence-electron chi connectivity index (χ3n) is 14.6. The van der Waals surface area contributed by atoms with Crippen molar-refractivity contribution in [2.45, 2.75) is 185 Å². The summed E-state index contributed by atoms with van der Waals surface area (Å²) in [6, 6.07) is 11.2. The van der Waals surface area contributed by atoms with E-state index in [0.717, 1.165) is 68.0 Å². The van der Waals surface area contributed by atoms with E-state index in [4.69, 9.17) is 39.9 Å². The Labute approximate surface area is 640 Å². The quantitative estimate of drug-likeness (QED) is 0.0279. The number of aliphatic hydroxyl groups is 3. The minimum atomic E-state index is -4.51. The topological polar surface area (TPSA) is 231 Å². The monoisotopic (exact) mass is 1690 g/mol. The summed E-state index contributed by atoms with van der Waals surface area (Å²) in [7, 11) is -2.19. The van der Waals surface area contributed by atoms with E-state index in [2.05, 4.69) is 54.2 Å². The van der Waals surface area contributed by atoms with Gasteiger partial charge in [0.05, 0.1) is 69.4 Å². The van der Waals surface area contributed by atoms with E-state index < -0.39 is 123 Å². The van der Waals surface area contributed by atoms with Gasteiger partial charge in [-0.25, -0.2) is 27.5 Å². The Morgan fingerprint density at radius 2 is 0.936 bits per heavy atom. The van der Waals surface area contributed by atoms with Crippen molar-refractivity contribution in [2.75, 3.05) is 13.2 Å². The van der Waals surface area contributed by atoms with Gasteiger partial charge in [-0.15, -0.1) is 12.4 Å². The zero-order valence-corrected chi connectivity index (χ0v) is 59.7. The summed E-state index contributed by atoms with van der Waals surface area (Å²) in [5, 5.41) is 30.0. The molecule has 0 spiro atoms. The Kier molecular flexibility index (Phi) is 44.5. The Morgan fingerprint density at radius 3 is 1.32 bits per heavy atom. The van der Waals surface area contributed by atoms with E-state index in [1.807, 2.05) is 10.8 Å². The summed E-state index contributed by atoms with van der Waals surface area (Å²) in [5.74, 6) is -2.92. The molecule has 0 bridgehead atoms. The number of carbonyl (C=O) groups excluding carboxylic acids is 1. The summed E-state index contributed by atoms with van der Waals surface area (Å²) in [6.07, 6.45) is -9.45. The average molecular weight is 1690 g/mol. The van der Waals surface area contributed by atoms with Crippen LogP contribution in [0.15, 0.2) is 140 Å². The van der Waals surface area contributed by atoms with Crippen molar-refractivity contribution < 1.29 is 146 Å². The van der Waals surface area contributed by atoms with Gasteiger partial charge in [-0.2, -0.15) is 52.7 Å². The van der Waals surface area contributed by atoms with Crippen LogP contribution in [-0.4, -0.2) is 100 Å². The molecule has 0 fully saturated rings. The Bertz CT molecular complexity index is 4500. The molecule has 0 amide bonds. The SMILES string of the molecule is C.C.C.C.C.C.C[Si](C)(C)CCOCn1ccnc1.C[Si](C)(C)CCOCn1ccnc1C(O)c1ccc(F)c2occ(CC(F)(F)F)c12.Cl.F.O=Cc1ccc(F)c2occ(CC(F)(F)F)c12.OC(C1=NC=CC1)c1ccc(F)c2occ(CC(F)(F)F)c12.OCc1ccc(F)c2occ(CC(F)(F)F)c12.[HH].[O]=[Mn]=[O]. The maximum atomic E-state index is 14.1. The van der Waals surface area contributed by atoms with Crippen molar-refractivity contribution in [2.24, 2.45) is 4.99 Å². The van der Waals surface area contributed by atoms with Crippen LogP contribution in [-0.2, 0) is 77.7 Å². The first-order valence-corrected chi connectivity index (χ1v) is 38.7. The number of benzene rings is 4. The van der Waals surface area contributed by atoms with E-state index in [9.17, 15) is 85.3 Å². The number of aromatic nitrogens is 4. The number of imidazole rings is 2. The van der Waals surface area contributed by atoms with Crippen molar-refractivity contribution >= 4 is 84.4 Å². The van der Waals surface area contributed by atoms with Crippen molar-refractivity contribution in [1.82, 2.24) is 19.1 Å². The van der Waals surface area contributed by atoms with E-state index in [-0.39, 0.29) is 164 Å². The van der Waals surface area contributed by atoms with Gasteiger partial charge in [-0.05, 0) is 59.1 Å². The molecule has 1 aliphatic heterocycles. The number of alkyl halides is 12. The predicted octanol–water partition coefficient (Wildman–Crippen LogP) is 22.6. The Morgan fingerprint density at radius 1 is 0.555 bits per heavy atom. The van der Waals surface area contributed by atoms with Crippen LogP contribution in [0.5, 0.6) is 0 Å². The van der Waals surface area contributed by atoms with E-state index in [0.29, 0.717) is 31.8 Å². The normalized spacial score (nSPS) is 12.3. The standard InChI is InChI=1S/C20H24F4N2O3Si.C15H11F4NO2.C11H8F4O2.C11H6F4O2.C9H18N2OSi.6CH4.ClH.FH.Mn.2O.H2/c1-30(2,3)9-8-28-12-26-7-6-25-19(26)17(27)14-4-5-15(21)18-16(14)13(11-29-18)10-20(22,23)24;16-10-4-3-9(13(21)11-2-1-5-20-11)12-8(6-15(17,18)19)7-22-14(10)12;2*12-8-2-1-6(4-16)9-7(3-11(13,14)15)5-17-10(8)9;1-13(2,3)7-6-12-9-11-5-4-10-8-11;;;;;;;;;;;;/h4-7,11,17,27H,8-10,12H2,1-3H3;1,3-5,7,13,21H,2,6H2;1-2,5,16H,3-4H2;1-2,4-5H,3H2;4-5,8H,6-7,9H2,1-3H3;6*1H4;2*1H;;;;1H. The van der Waals surface area contributed by atoms with Gasteiger partial charge in [-0.3, -0.25) is 14.5 Å². The summed E-state index contributed by atoms with van der Waals surface area (Å²) in [5.41, 5.74) is -1.21. The molecule has 6 aromatic heterocycles. The van der Waals surface area contributed by atoms with Gasteiger partial charge in [0.2, 0.25) is 0 Å². The fourth-order valence-corrected chi connectivity index (χ4v) is 11.5. The number of aldehydes is 1. The number of rotatable bonds is 20. The molecular formula is C72H95ClF17MnN5O12Si2. The van der Waals surface area contributed by atoms with Crippen molar-refractivity contribution in [3.05, 3.63) is 191 Å². The second-order valence-corrected chi connectivity index (χ2v) is 36.5. The van der Waals surface area contributed by atoms with E-state index >= 15 is 0 Å². The zero-order valence-electron chi connectivity index (χ0n) is 55.7. The second-order valence-electron chi connectivity index (χ2n) is 25.0. The van der Waals surface area contributed by atoms with Crippen molar-refractivity contribution in [1.29, 1.82) is 0 Å². The fraction of sp³-hybridized carbons (Fsp3) is 0.417. The third kappa shape index (κ3) is 31.6.